The lowest BCUT2D eigenvalue weighted by Gasteiger charge is -2.06. The predicted octanol–water partition coefficient (Wildman–Crippen LogP) is 2.91. The molecule has 0 bridgehead atoms. The van der Waals surface area contributed by atoms with Crippen LogP contribution in [-0.2, 0) is 7.05 Å². The summed E-state index contributed by atoms with van der Waals surface area (Å²) in [5, 5.41) is 12.9. The number of hydrogen-bond acceptors (Lipinski definition) is 2. The van der Waals surface area contributed by atoms with E-state index in [1.165, 1.54) is 5.56 Å². The van der Waals surface area contributed by atoms with Gasteiger partial charge in [-0.1, -0.05) is 38.1 Å². The fourth-order valence-corrected chi connectivity index (χ4v) is 1.88. The van der Waals surface area contributed by atoms with E-state index in [1.54, 1.807) is 17.8 Å². The van der Waals surface area contributed by atoms with Crippen molar-refractivity contribution in [3.63, 3.8) is 0 Å². The Morgan fingerprint density at radius 1 is 1.28 bits per heavy atom. The zero-order valence-electron chi connectivity index (χ0n) is 10.7. The van der Waals surface area contributed by atoms with Crippen LogP contribution in [0.5, 0.6) is 0 Å². The van der Waals surface area contributed by atoms with Gasteiger partial charge in [-0.05, 0) is 23.1 Å². The Hall–Kier alpha value is -2.10. The Bertz CT molecular complexity index is 568. The van der Waals surface area contributed by atoms with Crippen LogP contribution in [-0.4, -0.2) is 20.9 Å². The van der Waals surface area contributed by atoms with E-state index < -0.39 is 5.97 Å². The van der Waals surface area contributed by atoms with Crippen LogP contribution in [0, 0.1) is 0 Å². The fourth-order valence-electron chi connectivity index (χ4n) is 1.88. The molecule has 1 N–H and O–H groups in total. The van der Waals surface area contributed by atoms with E-state index in [9.17, 15) is 4.79 Å². The van der Waals surface area contributed by atoms with Gasteiger partial charge in [0.25, 0.3) is 0 Å². The molecule has 0 fully saturated rings. The molecule has 2 rings (SSSR count). The molecule has 0 radical (unpaired) electrons. The fraction of sp³-hybridized carbons (Fsp3) is 0.286. The molecule has 1 heterocycles. The molecule has 1 aromatic heterocycles. The molecule has 4 heteroatoms. The van der Waals surface area contributed by atoms with Crippen LogP contribution in [0.3, 0.4) is 0 Å². The molecular formula is C14H16N2O2. The summed E-state index contributed by atoms with van der Waals surface area (Å²) in [6.45, 7) is 4.28. The summed E-state index contributed by atoms with van der Waals surface area (Å²) in [5.41, 5.74) is 3.12. The Labute approximate surface area is 106 Å². The molecule has 4 nitrogen and oxygen atoms in total. The van der Waals surface area contributed by atoms with E-state index in [1.807, 2.05) is 12.1 Å². The van der Waals surface area contributed by atoms with Gasteiger partial charge in [0.2, 0.25) is 0 Å². The molecule has 0 aliphatic heterocycles. The Morgan fingerprint density at radius 3 is 2.33 bits per heavy atom. The van der Waals surface area contributed by atoms with Gasteiger partial charge in [-0.25, -0.2) is 4.79 Å². The van der Waals surface area contributed by atoms with E-state index in [0.717, 1.165) is 11.3 Å². The normalized spacial score (nSPS) is 10.9. The van der Waals surface area contributed by atoms with Crippen molar-refractivity contribution in [3.8, 4) is 11.3 Å². The zero-order chi connectivity index (χ0) is 13.3. The highest BCUT2D eigenvalue weighted by Crippen LogP contribution is 2.23. The molecular weight excluding hydrogens is 228 g/mol. The van der Waals surface area contributed by atoms with Crippen molar-refractivity contribution in [2.75, 3.05) is 0 Å². The Kier molecular flexibility index (Phi) is 3.19. The smallest absolute Gasteiger partial charge is 0.356 e. The maximum absolute atomic E-state index is 10.9. The molecule has 0 aliphatic carbocycles. The summed E-state index contributed by atoms with van der Waals surface area (Å²) in [6, 6.07) is 9.71. The summed E-state index contributed by atoms with van der Waals surface area (Å²) in [5.74, 6) is -0.518. The Balaban J connectivity index is 2.39. The second-order valence-electron chi connectivity index (χ2n) is 4.62. The number of benzene rings is 1. The quantitative estimate of drug-likeness (QED) is 0.903. The number of aromatic nitrogens is 2. The third-order valence-corrected chi connectivity index (χ3v) is 2.97. The lowest BCUT2D eigenvalue weighted by molar-refractivity contribution is 0.0689. The minimum atomic E-state index is -1.00. The van der Waals surface area contributed by atoms with Crippen LogP contribution >= 0.6 is 0 Å². The number of rotatable bonds is 3. The molecule has 0 amide bonds. The molecule has 0 atom stereocenters. The first-order valence-electron chi connectivity index (χ1n) is 5.86. The molecule has 0 unspecified atom stereocenters. The highest BCUT2D eigenvalue weighted by atomic mass is 16.4. The van der Waals surface area contributed by atoms with Crippen molar-refractivity contribution in [1.82, 2.24) is 9.78 Å². The van der Waals surface area contributed by atoms with Crippen LogP contribution in [0.2, 0.25) is 0 Å². The van der Waals surface area contributed by atoms with Gasteiger partial charge in [-0.2, -0.15) is 5.10 Å². The number of carboxylic acids is 1. The van der Waals surface area contributed by atoms with Gasteiger partial charge in [-0.3, -0.25) is 4.68 Å². The monoisotopic (exact) mass is 244 g/mol. The maximum atomic E-state index is 10.9. The minimum Gasteiger partial charge on any atom is -0.476 e. The maximum Gasteiger partial charge on any atom is 0.356 e. The van der Waals surface area contributed by atoms with Crippen molar-refractivity contribution in [1.29, 1.82) is 0 Å². The number of carboxylic acid groups (broad SMARTS) is 1. The molecule has 18 heavy (non-hydrogen) atoms. The van der Waals surface area contributed by atoms with E-state index >= 15 is 0 Å². The van der Waals surface area contributed by atoms with Crippen LogP contribution in [0.15, 0.2) is 30.3 Å². The van der Waals surface area contributed by atoms with Crippen LogP contribution < -0.4 is 0 Å². The first kappa shape index (κ1) is 12.4. The third-order valence-electron chi connectivity index (χ3n) is 2.97. The second-order valence-corrected chi connectivity index (χ2v) is 4.62. The lowest BCUT2D eigenvalue weighted by Crippen LogP contribution is -1.99. The highest BCUT2D eigenvalue weighted by Gasteiger charge is 2.12. The van der Waals surface area contributed by atoms with Crippen molar-refractivity contribution in [3.05, 3.63) is 41.6 Å². The van der Waals surface area contributed by atoms with Gasteiger partial charge >= 0.3 is 5.97 Å². The molecule has 0 aliphatic rings. The minimum absolute atomic E-state index is 0.0698. The summed E-state index contributed by atoms with van der Waals surface area (Å²) >= 11 is 0. The second kappa shape index (κ2) is 4.64. The largest absolute Gasteiger partial charge is 0.476 e. The molecule has 0 spiro atoms. The van der Waals surface area contributed by atoms with Gasteiger partial charge in [0.1, 0.15) is 0 Å². The molecule has 1 aromatic carbocycles. The van der Waals surface area contributed by atoms with Gasteiger partial charge < -0.3 is 5.11 Å². The van der Waals surface area contributed by atoms with Gasteiger partial charge in [0.15, 0.2) is 5.69 Å². The zero-order valence-corrected chi connectivity index (χ0v) is 10.7. The van der Waals surface area contributed by atoms with Crippen LogP contribution in [0.25, 0.3) is 11.3 Å². The van der Waals surface area contributed by atoms with Crippen molar-refractivity contribution in [2.24, 2.45) is 7.05 Å². The number of aromatic carboxylic acids is 1. The van der Waals surface area contributed by atoms with Crippen LogP contribution in [0.1, 0.15) is 35.8 Å². The van der Waals surface area contributed by atoms with Gasteiger partial charge in [0.05, 0.1) is 5.69 Å². The average molecular weight is 244 g/mol. The van der Waals surface area contributed by atoms with E-state index in [4.69, 9.17) is 5.11 Å². The molecule has 0 saturated heterocycles. The summed E-state index contributed by atoms with van der Waals surface area (Å²) in [7, 11) is 1.75. The lowest BCUT2D eigenvalue weighted by atomic mass is 10.0. The van der Waals surface area contributed by atoms with E-state index in [-0.39, 0.29) is 5.69 Å². The summed E-state index contributed by atoms with van der Waals surface area (Å²) in [6.07, 6.45) is 0. The summed E-state index contributed by atoms with van der Waals surface area (Å²) in [4.78, 5) is 10.9. The SMILES string of the molecule is CC(C)c1ccc(-c2cc(C(=O)O)nn2C)cc1. The van der Waals surface area contributed by atoms with Crippen molar-refractivity contribution < 1.29 is 9.90 Å². The standard InChI is InChI=1S/C14H16N2O2/c1-9(2)10-4-6-11(7-5-10)13-8-12(14(17)18)15-16(13)3/h4-9H,1-3H3,(H,17,18). The number of hydrogen-bond donors (Lipinski definition) is 1. The van der Waals surface area contributed by atoms with Gasteiger partial charge in [-0.15, -0.1) is 0 Å². The first-order chi connectivity index (χ1) is 8.49. The highest BCUT2D eigenvalue weighted by molar-refractivity contribution is 5.87. The average Bonchev–Trinajstić information content (AvgIpc) is 2.71. The molecule has 94 valence electrons. The predicted molar refractivity (Wildman–Crippen MR) is 69.7 cm³/mol. The number of nitrogens with zero attached hydrogens (tertiary/aromatic N) is 2. The number of carbonyl (C=O) groups is 1. The van der Waals surface area contributed by atoms with Crippen molar-refractivity contribution >= 4 is 5.97 Å². The summed E-state index contributed by atoms with van der Waals surface area (Å²) < 4.78 is 1.59. The number of aryl methyl sites for hydroxylation is 1. The van der Waals surface area contributed by atoms with E-state index in [0.29, 0.717) is 5.92 Å². The van der Waals surface area contributed by atoms with Crippen molar-refractivity contribution in [2.45, 2.75) is 19.8 Å². The van der Waals surface area contributed by atoms with Gasteiger partial charge in [0, 0.05) is 7.05 Å². The Morgan fingerprint density at radius 2 is 1.89 bits per heavy atom. The molecule has 2 aromatic rings. The van der Waals surface area contributed by atoms with E-state index in [2.05, 4.69) is 31.1 Å². The topological polar surface area (TPSA) is 55.1 Å². The first-order valence-corrected chi connectivity index (χ1v) is 5.86. The van der Waals surface area contributed by atoms with Crippen LogP contribution in [0.4, 0.5) is 0 Å². The third kappa shape index (κ3) is 2.27. The molecule has 0 saturated carbocycles.